The molecule has 2 aromatic rings. The van der Waals surface area contributed by atoms with Crippen molar-refractivity contribution < 1.29 is 9.53 Å². The summed E-state index contributed by atoms with van der Waals surface area (Å²) in [7, 11) is 1.31. The zero-order chi connectivity index (χ0) is 14.5. The molecular formula is C14H12ClN3O2. The lowest BCUT2D eigenvalue weighted by molar-refractivity contribution is 0.0601. The van der Waals surface area contributed by atoms with Crippen LogP contribution in [0.4, 0.5) is 0 Å². The van der Waals surface area contributed by atoms with E-state index in [0.29, 0.717) is 11.4 Å². The summed E-state index contributed by atoms with van der Waals surface area (Å²) in [4.78, 5) is 16.2. The SMILES string of the molecule is COC(=O)c1cc(Cl)c(/C=N/N)nc1-c1ccccc1. The predicted octanol–water partition coefficient (Wildman–Crippen LogP) is 2.48. The first kappa shape index (κ1) is 14.0. The number of ether oxygens (including phenoxy) is 1. The minimum absolute atomic E-state index is 0.277. The maximum Gasteiger partial charge on any atom is 0.340 e. The molecule has 0 atom stereocenters. The van der Waals surface area contributed by atoms with Gasteiger partial charge >= 0.3 is 5.97 Å². The number of hydrogen-bond donors (Lipinski definition) is 1. The van der Waals surface area contributed by atoms with E-state index in [1.54, 1.807) is 0 Å². The van der Waals surface area contributed by atoms with Gasteiger partial charge < -0.3 is 10.6 Å². The van der Waals surface area contributed by atoms with Gasteiger partial charge in [-0.3, -0.25) is 0 Å². The van der Waals surface area contributed by atoms with Gasteiger partial charge in [-0.1, -0.05) is 41.9 Å². The number of nitrogens with two attached hydrogens (primary N) is 1. The molecule has 0 amide bonds. The van der Waals surface area contributed by atoms with Crippen molar-refractivity contribution in [1.82, 2.24) is 4.98 Å². The number of esters is 1. The number of benzene rings is 1. The number of hydrazone groups is 1. The molecule has 6 heteroatoms. The predicted molar refractivity (Wildman–Crippen MR) is 77.8 cm³/mol. The van der Waals surface area contributed by atoms with Gasteiger partial charge in [0.25, 0.3) is 0 Å². The van der Waals surface area contributed by atoms with Crippen LogP contribution in [0.3, 0.4) is 0 Å². The molecule has 0 aliphatic carbocycles. The average Bonchev–Trinajstić information content (AvgIpc) is 2.49. The Morgan fingerprint density at radius 1 is 1.40 bits per heavy atom. The summed E-state index contributed by atoms with van der Waals surface area (Å²) in [6, 6.07) is 10.8. The minimum Gasteiger partial charge on any atom is -0.465 e. The normalized spacial score (nSPS) is 10.7. The molecule has 5 nitrogen and oxygen atoms in total. The fourth-order valence-corrected chi connectivity index (χ4v) is 1.95. The molecule has 2 N–H and O–H groups in total. The lowest BCUT2D eigenvalue weighted by atomic mass is 10.1. The molecule has 1 aromatic heterocycles. The number of methoxy groups -OCH3 is 1. The monoisotopic (exact) mass is 289 g/mol. The molecule has 1 aromatic carbocycles. The molecule has 0 saturated heterocycles. The fraction of sp³-hybridized carbons (Fsp3) is 0.0714. The molecule has 2 rings (SSSR count). The van der Waals surface area contributed by atoms with Gasteiger partial charge in [-0.15, -0.1) is 0 Å². The molecule has 0 aliphatic rings. The summed E-state index contributed by atoms with van der Waals surface area (Å²) in [5, 5.41) is 3.69. The van der Waals surface area contributed by atoms with E-state index >= 15 is 0 Å². The third kappa shape index (κ3) is 2.78. The van der Waals surface area contributed by atoms with Crippen LogP contribution < -0.4 is 5.84 Å². The Labute approximate surface area is 121 Å². The number of pyridine rings is 1. The quantitative estimate of drug-likeness (QED) is 0.407. The molecule has 20 heavy (non-hydrogen) atoms. The smallest absolute Gasteiger partial charge is 0.340 e. The summed E-state index contributed by atoms with van der Waals surface area (Å²) in [5.74, 6) is 4.62. The van der Waals surface area contributed by atoms with E-state index in [2.05, 4.69) is 10.1 Å². The Morgan fingerprint density at radius 3 is 2.70 bits per heavy atom. The number of hydrogen-bond acceptors (Lipinski definition) is 5. The third-order valence-electron chi connectivity index (χ3n) is 2.65. The summed E-state index contributed by atoms with van der Waals surface area (Å²) >= 11 is 6.05. The van der Waals surface area contributed by atoms with E-state index in [-0.39, 0.29) is 10.6 Å². The van der Waals surface area contributed by atoms with Crippen LogP contribution in [0, 0.1) is 0 Å². The van der Waals surface area contributed by atoms with Crippen LogP contribution in [0.5, 0.6) is 0 Å². The van der Waals surface area contributed by atoms with Crippen molar-refractivity contribution in [3.05, 3.63) is 52.7 Å². The van der Waals surface area contributed by atoms with Crippen molar-refractivity contribution in [3.63, 3.8) is 0 Å². The van der Waals surface area contributed by atoms with E-state index in [9.17, 15) is 4.79 Å². The summed E-state index contributed by atoms with van der Waals surface area (Å²) < 4.78 is 4.76. The molecule has 0 bridgehead atoms. The highest BCUT2D eigenvalue weighted by Gasteiger charge is 2.17. The van der Waals surface area contributed by atoms with Gasteiger partial charge in [0.15, 0.2) is 0 Å². The van der Waals surface area contributed by atoms with Gasteiger partial charge in [0.05, 0.1) is 29.6 Å². The first-order valence-corrected chi connectivity index (χ1v) is 6.12. The van der Waals surface area contributed by atoms with Gasteiger partial charge in [0, 0.05) is 5.56 Å². The van der Waals surface area contributed by atoms with E-state index in [4.69, 9.17) is 22.2 Å². The van der Waals surface area contributed by atoms with Crippen molar-refractivity contribution in [2.75, 3.05) is 7.11 Å². The maximum atomic E-state index is 11.8. The molecule has 102 valence electrons. The van der Waals surface area contributed by atoms with E-state index in [1.165, 1.54) is 19.4 Å². The van der Waals surface area contributed by atoms with E-state index in [0.717, 1.165) is 5.56 Å². The zero-order valence-electron chi connectivity index (χ0n) is 10.7. The largest absolute Gasteiger partial charge is 0.465 e. The van der Waals surface area contributed by atoms with Crippen LogP contribution in [0.15, 0.2) is 41.5 Å². The second-order valence-corrected chi connectivity index (χ2v) is 4.29. The lowest BCUT2D eigenvalue weighted by Crippen LogP contribution is -2.07. The number of rotatable bonds is 3. The van der Waals surface area contributed by atoms with Gasteiger partial charge in [-0.05, 0) is 6.07 Å². The molecule has 0 saturated carbocycles. The second kappa shape index (κ2) is 6.16. The number of carbonyl (C=O) groups excluding carboxylic acids is 1. The molecule has 1 heterocycles. The molecule has 0 radical (unpaired) electrons. The highest BCUT2D eigenvalue weighted by atomic mass is 35.5. The van der Waals surface area contributed by atoms with Crippen molar-refractivity contribution >= 4 is 23.8 Å². The van der Waals surface area contributed by atoms with Crippen molar-refractivity contribution in [2.45, 2.75) is 0 Å². The van der Waals surface area contributed by atoms with Crippen LogP contribution in [0.25, 0.3) is 11.3 Å². The lowest BCUT2D eigenvalue weighted by Gasteiger charge is -2.09. The zero-order valence-corrected chi connectivity index (χ0v) is 11.5. The van der Waals surface area contributed by atoms with Crippen molar-refractivity contribution in [2.24, 2.45) is 10.9 Å². The summed E-state index contributed by atoms with van der Waals surface area (Å²) in [6.07, 6.45) is 1.33. The molecule has 0 spiro atoms. The third-order valence-corrected chi connectivity index (χ3v) is 2.96. The second-order valence-electron chi connectivity index (χ2n) is 3.89. The summed E-state index contributed by atoms with van der Waals surface area (Å²) in [5.41, 5.74) is 1.92. The van der Waals surface area contributed by atoms with Gasteiger partial charge in [0.2, 0.25) is 0 Å². The Kier molecular flexibility index (Phi) is 4.32. The highest BCUT2D eigenvalue weighted by Crippen LogP contribution is 2.26. The van der Waals surface area contributed by atoms with Crippen molar-refractivity contribution in [1.29, 1.82) is 0 Å². The standard InChI is InChI=1S/C14H12ClN3O2/c1-20-14(19)10-7-11(15)12(8-17-16)18-13(10)9-5-3-2-4-6-9/h2-8H,16H2,1H3/b17-8+. The van der Waals surface area contributed by atoms with Crippen LogP contribution in [0.1, 0.15) is 16.1 Å². The van der Waals surface area contributed by atoms with Gasteiger partial charge in [0.1, 0.15) is 5.69 Å². The van der Waals surface area contributed by atoms with E-state index in [1.807, 2.05) is 30.3 Å². The van der Waals surface area contributed by atoms with Crippen LogP contribution in [-0.2, 0) is 4.74 Å². The summed E-state index contributed by atoms with van der Waals surface area (Å²) in [6.45, 7) is 0. The number of halogens is 1. The van der Waals surface area contributed by atoms with Crippen LogP contribution >= 0.6 is 11.6 Å². The van der Waals surface area contributed by atoms with Crippen LogP contribution in [0.2, 0.25) is 5.02 Å². The average molecular weight is 290 g/mol. The Hall–Kier alpha value is -2.40. The number of nitrogens with zero attached hydrogens (tertiary/aromatic N) is 2. The molecule has 0 aliphatic heterocycles. The van der Waals surface area contributed by atoms with Crippen LogP contribution in [-0.4, -0.2) is 24.3 Å². The number of carbonyl (C=O) groups is 1. The van der Waals surface area contributed by atoms with Crippen molar-refractivity contribution in [3.8, 4) is 11.3 Å². The van der Waals surface area contributed by atoms with Gasteiger partial charge in [-0.2, -0.15) is 5.10 Å². The number of aromatic nitrogens is 1. The van der Waals surface area contributed by atoms with E-state index < -0.39 is 5.97 Å². The highest BCUT2D eigenvalue weighted by molar-refractivity contribution is 6.33. The Bertz CT molecular complexity index is 657. The Balaban J connectivity index is 2.68. The minimum atomic E-state index is -0.505. The molecule has 0 unspecified atom stereocenters. The Morgan fingerprint density at radius 2 is 2.10 bits per heavy atom. The topological polar surface area (TPSA) is 77.6 Å². The molecule has 0 fully saturated rings. The fourth-order valence-electron chi connectivity index (χ4n) is 1.75. The first-order valence-electron chi connectivity index (χ1n) is 5.75. The maximum absolute atomic E-state index is 11.8. The van der Waals surface area contributed by atoms with Gasteiger partial charge in [-0.25, -0.2) is 9.78 Å². The molecular weight excluding hydrogens is 278 g/mol. The first-order chi connectivity index (χ1) is 9.67.